The topological polar surface area (TPSA) is 93.1 Å². The van der Waals surface area contributed by atoms with E-state index in [1.807, 2.05) is 60.8 Å². The first-order valence-corrected chi connectivity index (χ1v) is 12.5. The first-order chi connectivity index (χ1) is 19.0. The number of carbonyl (C=O) groups excluding carboxylic acids is 3. The SMILES string of the molecule is CC(=O)NC(C(=O)Nc1cccc(C(=O)c2ccc3cnn(C=Cc4ccccc4)c3c2)c1)c1ccccc1. The van der Waals surface area contributed by atoms with E-state index in [0.717, 1.165) is 16.5 Å². The predicted molar refractivity (Wildman–Crippen MR) is 153 cm³/mol. The molecule has 0 aliphatic carbocycles. The fourth-order valence-corrected chi connectivity index (χ4v) is 4.29. The van der Waals surface area contributed by atoms with E-state index in [1.54, 1.807) is 65.5 Å². The van der Waals surface area contributed by atoms with Crippen LogP contribution < -0.4 is 10.6 Å². The van der Waals surface area contributed by atoms with Crippen LogP contribution in [0.25, 0.3) is 23.2 Å². The number of ketones is 1. The Hall–Kier alpha value is -5.30. The summed E-state index contributed by atoms with van der Waals surface area (Å²) in [6.07, 6.45) is 5.57. The zero-order chi connectivity index (χ0) is 27.2. The molecule has 4 aromatic carbocycles. The van der Waals surface area contributed by atoms with Crippen LogP contribution in [0.1, 0.15) is 40.0 Å². The lowest BCUT2D eigenvalue weighted by Crippen LogP contribution is -2.35. The van der Waals surface area contributed by atoms with Crippen LogP contribution in [0.3, 0.4) is 0 Å². The van der Waals surface area contributed by atoms with Crippen molar-refractivity contribution in [3.05, 3.63) is 132 Å². The highest BCUT2D eigenvalue weighted by atomic mass is 16.2. The van der Waals surface area contributed by atoms with Gasteiger partial charge in [0, 0.05) is 35.3 Å². The molecule has 2 N–H and O–H groups in total. The van der Waals surface area contributed by atoms with Crippen molar-refractivity contribution in [3.8, 4) is 0 Å². The smallest absolute Gasteiger partial charge is 0.251 e. The van der Waals surface area contributed by atoms with Gasteiger partial charge in [-0.25, -0.2) is 4.68 Å². The molecule has 192 valence electrons. The van der Waals surface area contributed by atoms with E-state index >= 15 is 0 Å². The fraction of sp³-hybridized carbons (Fsp3) is 0.0625. The summed E-state index contributed by atoms with van der Waals surface area (Å²) in [4.78, 5) is 38.3. The average molecular weight is 515 g/mol. The Labute approximate surface area is 225 Å². The maximum absolute atomic E-state index is 13.4. The quantitative estimate of drug-likeness (QED) is 0.259. The van der Waals surface area contributed by atoms with Gasteiger partial charge in [0.15, 0.2) is 5.78 Å². The zero-order valence-electron chi connectivity index (χ0n) is 21.2. The van der Waals surface area contributed by atoms with E-state index in [4.69, 9.17) is 0 Å². The molecule has 2 amide bonds. The average Bonchev–Trinajstić information content (AvgIpc) is 3.37. The Morgan fingerprint density at radius 1 is 0.821 bits per heavy atom. The number of hydrogen-bond donors (Lipinski definition) is 2. The van der Waals surface area contributed by atoms with E-state index in [0.29, 0.717) is 22.4 Å². The number of nitrogens with one attached hydrogen (secondary N) is 2. The van der Waals surface area contributed by atoms with Crippen LogP contribution in [0.5, 0.6) is 0 Å². The third-order valence-corrected chi connectivity index (χ3v) is 6.20. The monoisotopic (exact) mass is 514 g/mol. The van der Waals surface area contributed by atoms with Crippen LogP contribution in [-0.2, 0) is 9.59 Å². The van der Waals surface area contributed by atoms with Crippen LogP contribution in [-0.4, -0.2) is 27.4 Å². The Morgan fingerprint density at radius 2 is 1.54 bits per heavy atom. The van der Waals surface area contributed by atoms with E-state index in [2.05, 4.69) is 15.7 Å². The van der Waals surface area contributed by atoms with Gasteiger partial charge in [-0.2, -0.15) is 5.10 Å². The van der Waals surface area contributed by atoms with Crippen molar-refractivity contribution in [2.45, 2.75) is 13.0 Å². The van der Waals surface area contributed by atoms with Crippen molar-refractivity contribution in [2.75, 3.05) is 5.32 Å². The van der Waals surface area contributed by atoms with Crippen molar-refractivity contribution in [1.82, 2.24) is 15.1 Å². The molecule has 0 bridgehead atoms. The van der Waals surface area contributed by atoms with Crippen LogP contribution in [0, 0.1) is 0 Å². The number of amides is 2. The van der Waals surface area contributed by atoms with Gasteiger partial charge in [-0.3, -0.25) is 14.4 Å². The summed E-state index contributed by atoms with van der Waals surface area (Å²) in [6.45, 7) is 1.36. The molecule has 0 aliphatic heterocycles. The second-order valence-electron chi connectivity index (χ2n) is 9.03. The second kappa shape index (κ2) is 11.4. The van der Waals surface area contributed by atoms with Crippen molar-refractivity contribution in [3.63, 3.8) is 0 Å². The minimum atomic E-state index is -0.866. The third-order valence-electron chi connectivity index (χ3n) is 6.20. The molecule has 0 saturated heterocycles. The zero-order valence-corrected chi connectivity index (χ0v) is 21.2. The number of anilines is 1. The molecule has 1 heterocycles. The molecule has 1 aromatic heterocycles. The van der Waals surface area contributed by atoms with Crippen molar-refractivity contribution in [1.29, 1.82) is 0 Å². The maximum Gasteiger partial charge on any atom is 0.251 e. The van der Waals surface area contributed by atoms with Gasteiger partial charge in [-0.1, -0.05) is 84.9 Å². The third kappa shape index (κ3) is 5.99. The molecule has 1 atom stereocenters. The number of carbonyl (C=O) groups is 3. The van der Waals surface area contributed by atoms with Crippen molar-refractivity contribution in [2.24, 2.45) is 0 Å². The maximum atomic E-state index is 13.4. The van der Waals surface area contributed by atoms with Crippen molar-refractivity contribution >= 4 is 46.5 Å². The van der Waals surface area contributed by atoms with E-state index < -0.39 is 11.9 Å². The Morgan fingerprint density at radius 3 is 2.28 bits per heavy atom. The van der Waals surface area contributed by atoms with Crippen LogP contribution >= 0.6 is 0 Å². The number of nitrogens with zero attached hydrogens (tertiary/aromatic N) is 2. The molecule has 7 heteroatoms. The van der Waals surface area contributed by atoms with Gasteiger partial charge in [-0.15, -0.1) is 0 Å². The van der Waals surface area contributed by atoms with Crippen LogP contribution in [0.4, 0.5) is 5.69 Å². The predicted octanol–water partition coefficient (Wildman–Crippen LogP) is 5.71. The summed E-state index contributed by atoms with van der Waals surface area (Å²) in [5.41, 5.74) is 3.88. The Bertz CT molecular complexity index is 1670. The first kappa shape index (κ1) is 25.4. The summed E-state index contributed by atoms with van der Waals surface area (Å²) in [5.74, 6) is -0.915. The van der Waals surface area contributed by atoms with Gasteiger partial charge in [0.05, 0.1) is 11.7 Å². The Balaban J connectivity index is 1.37. The summed E-state index contributed by atoms with van der Waals surface area (Å²) < 4.78 is 1.74. The Kier molecular flexibility index (Phi) is 7.41. The number of rotatable bonds is 8. The standard InChI is InChI=1S/C32H26N4O3/c1-22(37)34-30(24-11-6-3-7-12-24)32(39)35-28-14-8-13-25(19-28)31(38)26-15-16-27-21-33-36(29(27)20-26)18-17-23-9-4-2-5-10-23/h2-21,30H,1H3,(H,34,37)(H,35,39). The van der Waals surface area contributed by atoms with Gasteiger partial charge in [0.1, 0.15) is 6.04 Å². The molecule has 0 radical (unpaired) electrons. The van der Waals surface area contributed by atoms with Crippen LogP contribution in [0.15, 0.2) is 109 Å². The van der Waals surface area contributed by atoms with E-state index in [9.17, 15) is 14.4 Å². The molecule has 1 unspecified atom stereocenters. The summed E-state index contributed by atoms with van der Waals surface area (Å²) in [6, 6.07) is 30.2. The van der Waals surface area contributed by atoms with Gasteiger partial charge in [0.25, 0.3) is 5.91 Å². The van der Waals surface area contributed by atoms with Gasteiger partial charge in [-0.05, 0) is 35.4 Å². The molecular formula is C32H26N4O3. The summed E-state index contributed by atoms with van der Waals surface area (Å²) in [5, 5.41) is 10.9. The molecule has 0 fully saturated rings. The number of benzene rings is 4. The second-order valence-corrected chi connectivity index (χ2v) is 9.03. The molecule has 5 rings (SSSR count). The minimum absolute atomic E-state index is 0.186. The molecule has 0 spiro atoms. The van der Waals surface area contributed by atoms with Crippen LogP contribution in [0.2, 0.25) is 0 Å². The fourth-order valence-electron chi connectivity index (χ4n) is 4.29. The highest BCUT2D eigenvalue weighted by molar-refractivity contribution is 6.11. The highest BCUT2D eigenvalue weighted by Crippen LogP contribution is 2.22. The summed E-state index contributed by atoms with van der Waals surface area (Å²) >= 11 is 0. The lowest BCUT2D eigenvalue weighted by molar-refractivity contribution is -0.125. The lowest BCUT2D eigenvalue weighted by atomic mass is 10.0. The lowest BCUT2D eigenvalue weighted by Gasteiger charge is -2.18. The van der Waals surface area contributed by atoms with Gasteiger partial charge < -0.3 is 10.6 Å². The normalized spacial score (nSPS) is 11.8. The number of hydrogen-bond acceptors (Lipinski definition) is 4. The van der Waals surface area contributed by atoms with Gasteiger partial charge in [0.2, 0.25) is 5.91 Å². The molecule has 39 heavy (non-hydrogen) atoms. The molecule has 0 saturated carbocycles. The number of aromatic nitrogens is 2. The minimum Gasteiger partial charge on any atom is -0.341 e. The largest absolute Gasteiger partial charge is 0.341 e. The van der Waals surface area contributed by atoms with Crippen molar-refractivity contribution < 1.29 is 14.4 Å². The van der Waals surface area contributed by atoms with Gasteiger partial charge >= 0.3 is 0 Å². The van der Waals surface area contributed by atoms with E-state index in [-0.39, 0.29) is 11.7 Å². The summed E-state index contributed by atoms with van der Waals surface area (Å²) in [7, 11) is 0. The van der Waals surface area contributed by atoms with E-state index in [1.165, 1.54) is 6.92 Å². The number of fused-ring (bicyclic) bond motifs is 1. The molecule has 0 aliphatic rings. The first-order valence-electron chi connectivity index (χ1n) is 12.5. The molecule has 7 nitrogen and oxygen atoms in total. The molecular weight excluding hydrogens is 488 g/mol. The molecule has 5 aromatic rings. The highest BCUT2D eigenvalue weighted by Gasteiger charge is 2.22.